The molecule has 6 heterocycles. The molecular weight excluding hydrogens is 1010 g/mol. The minimum absolute atomic E-state index is 0.0205. The van der Waals surface area contributed by atoms with Crippen molar-refractivity contribution in [1.82, 2.24) is 55.2 Å². The number of rotatable bonds is 29. The second-order valence-corrected chi connectivity index (χ2v) is 16.9. The molecule has 33 heteroatoms. The van der Waals surface area contributed by atoms with Gasteiger partial charge in [0.15, 0.2) is 0 Å². The number of unbranched alkanes of at least 4 members (excludes halogenated alkanes) is 2. The Hall–Kier alpha value is -6.00. The van der Waals surface area contributed by atoms with Crippen LogP contribution in [0.1, 0.15) is 48.5 Å². The van der Waals surface area contributed by atoms with E-state index in [2.05, 4.69) is 66.5 Å². The number of carbonyl (C=O) groups is 1. The molecule has 1 amide bonds. The number of hydrogen-bond donors (Lipinski definition) is 7. The summed E-state index contributed by atoms with van der Waals surface area (Å²) in [7, 11) is 0. The average molecular weight is 1060 g/mol. The minimum Gasteiger partial charge on any atom is -0.388 e. The topological polar surface area (TPSA) is 351 Å². The number of amides is 1. The van der Waals surface area contributed by atoms with Gasteiger partial charge in [0, 0.05) is 30.3 Å². The summed E-state index contributed by atoms with van der Waals surface area (Å²) >= 11 is 0. The third-order valence-corrected chi connectivity index (χ3v) is 11.2. The monoisotopic (exact) mass is 1060 g/mol. The van der Waals surface area contributed by atoms with E-state index in [-0.39, 0.29) is 103 Å². The summed E-state index contributed by atoms with van der Waals surface area (Å²) in [6.45, 7) is 0.511. The van der Waals surface area contributed by atoms with E-state index < -0.39 is 78.5 Å². The number of aliphatic hydroxyl groups excluding tert-OH is 4. The van der Waals surface area contributed by atoms with Crippen LogP contribution in [0.3, 0.4) is 0 Å². The van der Waals surface area contributed by atoms with E-state index in [9.17, 15) is 51.6 Å². The van der Waals surface area contributed by atoms with Gasteiger partial charge in [-0.05, 0) is 30.5 Å². The molecule has 2 saturated heterocycles. The molecule has 7 N–H and O–H groups in total. The molecule has 4 aromatic rings. The van der Waals surface area contributed by atoms with Gasteiger partial charge >= 0.3 is 12.4 Å². The van der Waals surface area contributed by atoms with E-state index in [0.717, 1.165) is 12.4 Å². The van der Waals surface area contributed by atoms with Gasteiger partial charge < -0.3 is 64.8 Å². The van der Waals surface area contributed by atoms with Crippen molar-refractivity contribution in [2.75, 3.05) is 70.0 Å². The molecule has 2 aliphatic rings. The van der Waals surface area contributed by atoms with Crippen molar-refractivity contribution >= 4 is 17.8 Å². The first-order chi connectivity index (χ1) is 35.5. The van der Waals surface area contributed by atoms with Crippen LogP contribution in [-0.4, -0.2) is 190 Å². The van der Waals surface area contributed by atoms with Gasteiger partial charge in [0.2, 0.25) is 17.8 Å². The number of aromatic nitrogens is 10. The lowest BCUT2D eigenvalue weighted by molar-refractivity contribution is -0.160. The second kappa shape index (κ2) is 28.1. The Morgan fingerprint density at radius 2 is 1.23 bits per heavy atom. The quantitative estimate of drug-likeness (QED) is 0.0130. The molecule has 4 aromatic heterocycles. The average Bonchev–Trinajstić information content (AvgIpc) is 4.03. The largest absolute Gasteiger partial charge is 0.433 e. The van der Waals surface area contributed by atoms with Crippen LogP contribution in [0, 0.1) is 0 Å². The van der Waals surface area contributed by atoms with Gasteiger partial charge in [-0.3, -0.25) is 4.79 Å². The smallest absolute Gasteiger partial charge is 0.388 e. The highest BCUT2D eigenvalue weighted by atomic mass is 19.4. The predicted octanol–water partition coefficient (Wildman–Crippen LogP) is 0.812. The summed E-state index contributed by atoms with van der Waals surface area (Å²) in [4.78, 5) is 29.9. The summed E-state index contributed by atoms with van der Waals surface area (Å²) in [5.41, 5.74) is 7.05. The van der Waals surface area contributed by atoms with Gasteiger partial charge in [-0.2, -0.15) is 26.3 Å². The normalized spacial score (nSPS) is 22.4. The Morgan fingerprint density at radius 1 is 0.743 bits per heavy atom. The molecule has 0 unspecified atom stereocenters. The highest BCUT2D eigenvalue weighted by molar-refractivity contribution is 5.76. The maximum absolute atomic E-state index is 13.0. The molecule has 0 aromatic carbocycles. The van der Waals surface area contributed by atoms with Gasteiger partial charge in [0.1, 0.15) is 59.4 Å². The SMILES string of the molecule is [N-]=[N+]=NCCCCCC(=O)NC(COCc1cn(CCOC[C@H]2OC[C@H](Nc3nccc(C(F)(F)F)n3)[C@@H](O)[C@H]2O)nn1)COCc1cn(CCOC[C@H]2OC[C@H](Nc3nccc(C(F)(F)F)n3)[C@@H](O)[C@H]2O)nn1. The lowest BCUT2D eigenvalue weighted by atomic mass is 9.98. The van der Waals surface area contributed by atoms with Gasteiger partial charge in [0.05, 0.1) is 110 Å². The molecule has 27 nitrogen and oxygen atoms in total. The molecule has 0 aliphatic carbocycles. The Balaban J connectivity index is 0.880. The molecule has 8 atom stereocenters. The molecule has 0 saturated carbocycles. The van der Waals surface area contributed by atoms with E-state index >= 15 is 0 Å². The number of carbonyl (C=O) groups excluding carboxylic acids is 1. The maximum atomic E-state index is 13.0. The number of alkyl halides is 6. The zero-order valence-corrected chi connectivity index (χ0v) is 39.4. The molecule has 0 spiro atoms. The molecule has 0 radical (unpaired) electrons. The van der Waals surface area contributed by atoms with E-state index in [4.69, 9.17) is 34.0 Å². The van der Waals surface area contributed by atoms with Crippen LogP contribution in [-0.2, 0) is 71.9 Å². The zero-order chi connectivity index (χ0) is 53.1. The van der Waals surface area contributed by atoms with Crippen LogP contribution in [0.25, 0.3) is 10.4 Å². The fourth-order valence-electron chi connectivity index (χ4n) is 7.29. The Bertz CT molecular complexity index is 2250. The van der Waals surface area contributed by atoms with Crippen molar-refractivity contribution in [3.63, 3.8) is 0 Å². The highest BCUT2D eigenvalue weighted by Gasteiger charge is 2.41. The molecule has 408 valence electrons. The number of nitrogens with one attached hydrogen (secondary N) is 3. The second-order valence-electron chi connectivity index (χ2n) is 16.9. The molecule has 74 heavy (non-hydrogen) atoms. The number of nitrogens with zero attached hydrogens (tertiary/aromatic N) is 13. The number of halogens is 6. The van der Waals surface area contributed by atoms with Gasteiger partial charge in [-0.15, -0.1) is 10.2 Å². The standard InChI is InChI=1S/C41H56F6N16O11/c42-40(43,44)31-5-8-49-38(55-31)53-27-20-73-29(36(67)34(27)65)22-69-12-10-62-14-24(57-60-62)16-71-18-26(52-33(64)4-2-1-3-7-51-59-48)19-72-17-25-15-63(61-58-25)11-13-70-23-30-37(68)35(66)28(21-74-30)54-39-50-9-6-32(56-39)41(45,46)47/h5-6,8-9,14-15,26-30,34-37,65-68H,1-4,7,10-13,16-23H2,(H,52,64)(H,49,53,55)(H,50,54,56)/t27-,28-,29+,30+,34+,35+,36-,37-/m0/s1. The number of aliphatic hydroxyl groups is 4. The number of azide groups is 1. The number of hydrogen-bond acceptors (Lipinski definition) is 22. The molecule has 2 aliphatic heterocycles. The van der Waals surface area contributed by atoms with Gasteiger partial charge in [0.25, 0.3) is 0 Å². The molecular formula is C41H56F6N16O11. The van der Waals surface area contributed by atoms with Crippen LogP contribution in [0.4, 0.5) is 38.2 Å². The summed E-state index contributed by atoms with van der Waals surface area (Å²) in [5.74, 6) is -1.02. The first-order valence-corrected chi connectivity index (χ1v) is 23.1. The summed E-state index contributed by atoms with van der Waals surface area (Å²) < 4.78 is 115. The van der Waals surface area contributed by atoms with E-state index in [0.29, 0.717) is 49.3 Å². The molecule has 0 bridgehead atoms. The van der Waals surface area contributed by atoms with Crippen molar-refractivity contribution < 1.29 is 80.0 Å². The van der Waals surface area contributed by atoms with Crippen LogP contribution in [0.15, 0.2) is 42.0 Å². The Kier molecular flexibility index (Phi) is 21.7. The number of ether oxygens (including phenoxy) is 6. The van der Waals surface area contributed by atoms with E-state index in [1.165, 1.54) is 9.36 Å². The first kappa shape index (κ1) is 57.3. The fourth-order valence-corrected chi connectivity index (χ4v) is 7.29. The maximum Gasteiger partial charge on any atom is 0.433 e. The number of anilines is 2. The van der Waals surface area contributed by atoms with E-state index in [1.54, 1.807) is 12.4 Å². The first-order valence-electron chi connectivity index (χ1n) is 23.1. The predicted molar refractivity (Wildman–Crippen MR) is 238 cm³/mol. The Labute approximate surface area is 416 Å². The van der Waals surface area contributed by atoms with Crippen LogP contribution in [0.5, 0.6) is 0 Å². The fraction of sp³-hybridized carbons (Fsp3) is 0.683. The van der Waals surface area contributed by atoms with Crippen LogP contribution >= 0.6 is 0 Å². The minimum atomic E-state index is -4.70. The lowest BCUT2D eigenvalue weighted by Gasteiger charge is -2.37. The van der Waals surface area contributed by atoms with Crippen molar-refractivity contribution in [2.24, 2.45) is 5.11 Å². The summed E-state index contributed by atoms with van der Waals surface area (Å²) in [6, 6.07) is -1.18. The molecule has 6 rings (SSSR count). The van der Waals surface area contributed by atoms with Crippen LogP contribution < -0.4 is 16.0 Å². The van der Waals surface area contributed by atoms with Crippen molar-refractivity contribution in [3.05, 3.63) is 70.1 Å². The van der Waals surface area contributed by atoms with Crippen LogP contribution in [0.2, 0.25) is 0 Å². The summed E-state index contributed by atoms with van der Waals surface area (Å²) in [6.07, 6.45) is -9.85. The lowest BCUT2D eigenvalue weighted by Crippen LogP contribution is -2.57. The summed E-state index contributed by atoms with van der Waals surface area (Å²) in [5, 5.41) is 70.3. The molecule has 2 fully saturated rings. The Morgan fingerprint density at radius 3 is 1.69 bits per heavy atom. The highest BCUT2D eigenvalue weighted by Crippen LogP contribution is 2.29. The van der Waals surface area contributed by atoms with E-state index in [1.807, 2.05) is 0 Å². The zero-order valence-electron chi connectivity index (χ0n) is 39.4. The van der Waals surface area contributed by atoms with Gasteiger partial charge in [-0.1, -0.05) is 22.0 Å². The van der Waals surface area contributed by atoms with Gasteiger partial charge in [-0.25, -0.2) is 29.3 Å². The third-order valence-electron chi connectivity index (χ3n) is 11.2. The van der Waals surface area contributed by atoms with Crippen molar-refractivity contribution in [2.45, 2.75) is 119 Å². The van der Waals surface area contributed by atoms with Crippen molar-refractivity contribution in [3.8, 4) is 0 Å². The van der Waals surface area contributed by atoms with Crippen molar-refractivity contribution in [1.29, 1.82) is 0 Å². The third kappa shape index (κ3) is 18.1.